The standard InChI is InChI=1S/C19H18N2O4/c22-15(20-7-8-25-14-4-2-1-3-13(14)20)10-21-18(23)16-11-5-6-12(9-11)17(16)19(21)24/h1-6,11-12,16-17H,7-10H2. The zero-order valence-electron chi connectivity index (χ0n) is 13.6. The van der Waals surface area contributed by atoms with Crippen molar-refractivity contribution < 1.29 is 19.1 Å². The summed E-state index contributed by atoms with van der Waals surface area (Å²) in [7, 11) is 0. The molecule has 2 aliphatic carbocycles. The molecular weight excluding hydrogens is 320 g/mol. The van der Waals surface area contributed by atoms with Crippen LogP contribution >= 0.6 is 0 Å². The van der Waals surface area contributed by atoms with Crippen molar-refractivity contribution in [1.82, 2.24) is 4.90 Å². The van der Waals surface area contributed by atoms with Gasteiger partial charge < -0.3 is 9.64 Å². The quantitative estimate of drug-likeness (QED) is 0.601. The molecule has 1 saturated carbocycles. The van der Waals surface area contributed by atoms with Gasteiger partial charge in [0.1, 0.15) is 18.9 Å². The Bertz CT molecular complexity index is 787. The molecular formula is C19H18N2O4. The zero-order valence-corrected chi connectivity index (χ0v) is 13.6. The highest BCUT2D eigenvalue weighted by Gasteiger charge is 2.59. The molecule has 6 heteroatoms. The first-order valence-corrected chi connectivity index (χ1v) is 8.71. The van der Waals surface area contributed by atoms with Gasteiger partial charge in [-0.05, 0) is 30.4 Å². The van der Waals surface area contributed by atoms with Crippen LogP contribution in [0.2, 0.25) is 0 Å². The molecule has 4 atom stereocenters. The Labute approximate surface area is 145 Å². The molecule has 0 radical (unpaired) electrons. The van der Waals surface area contributed by atoms with Gasteiger partial charge in [-0.2, -0.15) is 0 Å². The highest BCUT2D eigenvalue weighted by molar-refractivity contribution is 6.10. The lowest BCUT2D eigenvalue weighted by molar-refractivity contribution is -0.143. The maximum Gasteiger partial charge on any atom is 0.247 e. The molecule has 2 bridgehead atoms. The van der Waals surface area contributed by atoms with Crippen molar-refractivity contribution in [2.75, 3.05) is 24.6 Å². The third-order valence-electron chi connectivity index (χ3n) is 5.88. The van der Waals surface area contributed by atoms with Crippen LogP contribution in [0.1, 0.15) is 6.42 Å². The van der Waals surface area contributed by atoms with Crippen LogP contribution in [-0.4, -0.2) is 42.3 Å². The average Bonchev–Trinajstić information content (AvgIpc) is 3.31. The number of carbonyl (C=O) groups excluding carboxylic acids is 3. The summed E-state index contributed by atoms with van der Waals surface area (Å²) in [6, 6.07) is 7.32. The smallest absolute Gasteiger partial charge is 0.247 e. The minimum absolute atomic E-state index is 0.163. The second-order valence-electron chi connectivity index (χ2n) is 7.12. The van der Waals surface area contributed by atoms with Gasteiger partial charge in [-0.1, -0.05) is 24.3 Å². The van der Waals surface area contributed by atoms with Gasteiger partial charge in [-0.15, -0.1) is 0 Å². The Morgan fingerprint density at radius 2 is 1.76 bits per heavy atom. The van der Waals surface area contributed by atoms with Gasteiger partial charge in [-0.3, -0.25) is 19.3 Å². The summed E-state index contributed by atoms with van der Waals surface area (Å²) in [4.78, 5) is 41.1. The summed E-state index contributed by atoms with van der Waals surface area (Å²) in [5.74, 6) is -0.132. The number of carbonyl (C=O) groups is 3. The van der Waals surface area contributed by atoms with Gasteiger partial charge in [0.15, 0.2) is 0 Å². The highest BCUT2D eigenvalue weighted by Crippen LogP contribution is 2.52. The fraction of sp³-hybridized carbons (Fsp3) is 0.421. The molecule has 2 heterocycles. The average molecular weight is 338 g/mol. The highest BCUT2D eigenvalue weighted by atomic mass is 16.5. The van der Waals surface area contributed by atoms with E-state index in [4.69, 9.17) is 4.74 Å². The molecule has 2 fully saturated rings. The number of imide groups is 1. The summed E-state index contributed by atoms with van der Waals surface area (Å²) in [6.45, 7) is 0.647. The van der Waals surface area contributed by atoms with Gasteiger partial charge in [0, 0.05) is 0 Å². The molecule has 6 nitrogen and oxygen atoms in total. The lowest BCUT2D eigenvalue weighted by Gasteiger charge is -2.30. The number of hydrogen-bond donors (Lipinski definition) is 0. The first-order valence-electron chi connectivity index (χ1n) is 8.71. The lowest BCUT2D eigenvalue weighted by atomic mass is 9.85. The number of allylic oxidation sites excluding steroid dienone is 2. The van der Waals surface area contributed by atoms with E-state index in [0.717, 1.165) is 6.42 Å². The van der Waals surface area contributed by atoms with Crippen molar-refractivity contribution >= 4 is 23.4 Å². The van der Waals surface area contributed by atoms with E-state index in [2.05, 4.69) is 12.2 Å². The van der Waals surface area contributed by atoms with E-state index in [9.17, 15) is 14.4 Å². The van der Waals surface area contributed by atoms with Gasteiger partial charge >= 0.3 is 0 Å². The number of benzene rings is 1. The van der Waals surface area contributed by atoms with Gasteiger partial charge in [0.25, 0.3) is 0 Å². The molecule has 0 aromatic heterocycles. The van der Waals surface area contributed by atoms with Crippen LogP contribution in [0.25, 0.3) is 0 Å². The van der Waals surface area contributed by atoms with E-state index >= 15 is 0 Å². The number of anilines is 1. The summed E-state index contributed by atoms with van der Waals surface area (Å²) >= 11 is 0. The monoisotopic (exact) mass is 338 g/mol. The van der Waals surface area contributed by atoms with Crippen LogP contribution in [-0.2, 0) is 14.4 Å². The Morgan fingerprint density at radius 1 is 1.08 bits per heavy atom. The van der Waals surface area contributed by atoms with Gasteiger partial charge in [0.05, 0.1) is 24.1 Å². The number of amides is 3. The Kier molecular flexibility index (Phi) is 3.04. The molecule has 1 aromatic rings. The van der Waals surface area contributed by atoms with Gasteiger partial charge in [-0.25, -0.2) is 0 Å². The molecule has 3 amide bonds. The first-order chi connectivity index (χ1) is 12.1. The summed E-state index contributed by atoms with van der Waals surface area (Å²) in [6.07, 6.45) is 5.01. The normalized spacial score (nSPS) is 32.0. The predicted molar refractivity (Wildman–Crippen MR) is 88.7 cm³/mol. The fourth-order valence-electron chi connectivity index (χ4n) is 4.77. The van der Waals surface area contributed by atoms with Crippen molar-refractivity contribution in [2.45, 2.75) is 6.42 Å². The third kappa shape index (κ3) is 2.00. The maximum absolute atomic E-state index is 12.8. The van der Waals surface area contributed by atoms with Crippen molar-refractivity contribution in [3.05, 3.63) is 36.4 Å². The Morgan fingerprint density at radius 3 is 2.48 bits per heavy atom. The number of ether oxygens (including phenoxy) is 1. The number of nitrogens with zero attached hydrogens (tertiary/aromatic N) is 2. The fourth-order valence-corrected chi connectivity index (χ4v) is 4.77. The van der Waals surface area contributed by atoms with E-state index in [1.165, 1.54) is 4.90 Å². The molecule has 1 saturated heterocycles. The van der Waals surface area contributed by atoms with Crippen LogP contribution in [0.15, 0.2) is 36.4 Å². The van der Waals surface area contributed by atoms with E-state index in [0.29, 0.717) is 24.6 Å². The Hall–Kier alpha value is -2.63. The molecule has 2 aliphatic heterocycles. The summed E-state index contributed by atoms with van der Waals surface area (Å²) < 4.78 is 5.56. The lowest BCUT2D eigenvalue weighted by Crippen LogP contribution is -2.46. The summed E-state index contributed by atoms with van der Waals surface area (Å²) in [5.41, 5.74) is 0.694. The first kappa shape index (κ1) is 14.7. The van der Waals surface area contributed by atoms with E-state index < -0.39 is 0 Å². The number of rotatable bonds is 2. The third-order valence-corrected chi connectivity index (χ3v) is 5.88. The van der Waals surface area contributed by atoms with Crippen molar-refractivity contribution in [3.8, 4) is 5.75 Å². The molecule has 0 spiro atoms. The van der Waals surface area contributed by atoms with Crippen LogP contribution in [0, 0.1) is 23.7 Å². The largest absolute Gasteiger partial charge is 0.490 e. The minimum atomic E-state index is -0.257. The van der Waals surface area contributed by atoms with Crippen LogP contribution in [0.4, 0.5) is 5.69 Å². The minimum Gasteiger partial charge on any atom is -0.490 e. The second-order valence-corrected chi connectivity index (χ2v) is 7.12. The van der Waals surface area contributed by atoms with Crippen molar-refractivity contribution in [2.24, 2.45) is 23.7 Å². The predicted octanol–water partition coefficient (Wildman–Crippen LogP) is 1.22. The van der Waals surface area contributed by atoms with E-state index in [1.807, 2.05) is 24.3 Å². The van der Waals surface area contributed by atoms with E-state index in [-0.39, 0.29) is 47.9 Å². The number of para-hydroxylation sites is 2. The Balaban J connectivity index is 1.38. The number of hydrogen-bond acceptors (Lipinski definition) is 4. The van der Waals surface area contributed by atoms with Gasteiger partial charge in [0.2, 0.25) is 17.7 Å². The molecule has 4 unspecified atom stereocenters. The molecule has 1 aromatic carbocycles. The maximum atomic E-state index is 12.8. The second kappa shape index (κ2) is 5.18. The van der Waals surface area contributed by atoms with Crippen LogP contribution < -0.4 is 9.64 Å². The molecule has 5 rings (SSSR count). The van der Waals surface area contributed by atoms with Crippen LogP contribution in [0.3, 0.4) is 0 Å². The molecule has 0 N–H and O–H groups in total. The zero-order chi connectivity index (χ0) is 17.1. The SMILES string of the molecule is O=C1C2C3C=CC(C3)C2C(=O)N1CC(=O)N1CCOc2ccccc21. The van der Waals surface area contributed by atoms with Crippen LogP contribution in [0.5, 0.6) is 5.75 Å². The summed E-state index contributed by atoms with van der Waals surface area (Å²) in [5, 5.41) is 0. The van der Waals surface area contributed by atoms with Crippen molar-refractivity contribution in [1.29, 1.82) is 0 Å². The van der Waals surface area contributed by atoms with Crippen molar-refractivity contribution in [3.63, 3.8) is 0 Å². The number of fused-ring (bicyclic) bond motifs is 6. The van der Waals surface area contributed by atoms with E-state index in [1.54, 1.807) is 4.90 Å². The molecule has 128 valence electrons. The number of likely N-dealkylation sites (tertiary alicyclic amines) is 1. The molecule has 25 heavy (non-hydrogen) atoms. The topological polar surface area (TPSA) is 66.9 Å². The molecule has 4 aliphatic rings.